The van der Waals surface area contributed by atoms with Gasteiger partial charge in [-0.2, -0.15) is 0 Å². The van der Waals surface area contributed by atoms with Gasteiger partial charge in [0, 0.05) is 6.20 Å². The van der Waals surface area contributed by atoms with Gasteiger partial charge in [-0.3, -0.25) is 4.98 Å². The van der Waals surface area contributed by atoms with Crippen LogP contribution in [0.1, 0.15) is 0 Å². The molecule has 0 bridgehead atoms. The minimum Gasteiger partial charge on any atom is -0.397 e. The summed E-state index contributed by atoms with van der Waals surface area (Å²) >= 11 is 0. The van der Waals surface area contributed by atoms with Crippen LogP contribution in [-0.2, 0) is 0 Å². The molecule has 0 saturated heterocycles. The van der Waals surface area contributed by atoms with E-state index in [1.807, 2.05) is 12.1 Å². The van der Waals surface area contributed by atoms with Crippen molar-refractivity contribution in [2.75, 3.05) is 5.73 Å². The standard InChI is InChI=1S/C5H7N2P/c6-4-2-1-3-7-5(4)8/h1-3H,6,8H2. The maximum absolute atomic E-state index is 5.44. The van der Waals surface area contributed by atoms with Crippen LogP contribution in [-0.4, -0.2) is 4.98 Å². The Morgan fingerprint density at radius 1 is 1.62 bits per heavy atom. The summed E-state index contributed by atoms with van der Waals surface area (Å²) in [5.74, 6) is 0. The van der Waals surface area contributed by atoms with Crippen LogP contribution in [0.2, 0.25) is 0 Å². The number of anilines is 1. The van der Waals surface area contributed by atoms with E-state index in [4.69, 9.17) is 5.73 Å². The van der Waals surface area contributed by atoms with Crippen LogP contribution < -0.4 is 11.2 Å². The van der Waals surface area contributed by atoms with Gasteiger partial charge in [-0.1, -0.05) is 9.24 Å². The Labute approximate surface area is 50.3 Å². The Morgan fingerprint density at radius 2 is 2.38 bits per heavy atom. The summed E-state index contributed by atoms with van der Waals surface area (Å²) in [6.07, 6.45) is 1.71. The quantitative estimate of drug-likeness (QED) is 0.503. The molecule has 1 rings (SSSR count). The summed E-state index contributed by atoms with van der Waals surface area (Å²) in [5, 5.41) is 0. The molecule has 1 aromatic rings. The van der Waals surface area contributed by atoms with E-state index in [9.17, 15) is 0 Å². The van der Waals surface area contributed by atoms with E-state index >= 15 is 0 Å². The molecule has 0 spiro atoms. The van der Waals surface area contributed by atoms with E-state index in [2.05, 4.69) is 14.2 Å². The number of nitrogens with two attached hydrogens (primary N) is 1. The Hall–Kier alpha value is -0.620. The van der Waals surface area contributed by atoms with Crippen molar-refractivity contribution in [3.8, 4) is 0 Å². The average molecular weight is 126 g/mol. The number of pyridine rings is 1. The van der Waals surface area contributed by atoms with Crippen molar-refractivity contribution < 1.29 is 0 Å². The minimum absolute atomic E-state index is 0.720. The van der Waals surface area contributed by atoms with Gasteiger partial charge in [0.15, 0.2) is 0 Å². The molecule has 0 fully saturated rings. The number of hydrogen-bond acceptors (Lipinski definition) is 2. The maximum atomic E-state index is 5.44. The Balaban J connectivity index is 3.13. The number of nitrogen functional groups attached to an aromatic ring is 1. The zero-order valence-electron chi connectivity index (χ0n) is 4.33. The molecule has 2 nitrogen and oxygen atoms in total. The molecule has 1 heterocycles. The summed E-state index contributed by atoms with van der Waals surface area (Å²) in [5.41, 5.74) is 6.97. The van der Waals surface area contributed by atoms with Gasteiger partial charge in [-0.15, -0.1) is 0 Å². The lowest BCUT2D eigenvalue weighted by Gasteiger charge is -1.92. The van der Waals surface area contributed by atoms with Gasteiger partial charge >= 0.3 is 0 Å². The summed E-state index contributed by atoms with van der Waals surface area (Å²) in [6, 6.07) is 3.62. The SMILES string of the molecule is Nc1cccnc1P. The highest BCUT2D eigenvalue weighted by atomic mass is 31.0. The number of aromatic nitrogens is 1. The molecule has 2 N–H and O–H groups in total. The first kappa shape index (κ1) is 5.52. The zero-order chi connectivity index (χ0) is 5.98. The molecule has 0 radical (unpaired) electrons. The molecule has 42 valence electrons. The highest BCUT2D eigenvalue weighted by Crippen LogP contribution is 1.96. The van der Waals surface area contributed by atoms with E-state index in [1.165, 1.54) is 0 Å². The van der Waals surface area contributed by atoms with Crippen molar-refractivity contribution in [1.82, 2.24) is 4.98 Å². The Bertz CT molecular complexity index is 167. The van der Waals surface area contributed by atoms with E-state index < -0.39 is 0 Å². The first-order valence-corrected chi connectivity index (χ1v) is 2.84. The summed E-state index contributed by atoms with van der Waals surface area (Å²) in [7, 11) is 2.45. The van der Waals surface area contributed by atoms with Gasteiger partial charge in [0.25, 0.3) is 0 Å². The third-order valence-electron chi connectivity index (χ3n) is 0.871. The van der Waals surface area contributed by atoms with Crippen molar-refractivity contribution in [1.29, 1.82) is 0 Å². The van der Waals surface area contributed by atoms with Crippen LogP contribution in [0, 0.1) is 0 Å². The second kappa shape index (κ2) is 2.10. The van der Waals surface area contributed by atoms with Gasteiger partial charge in [-0.25, -0.2) is 0 Å². The fourth-order valence-corrected chi connectivity index (χ4v) is 0.612. The second-order valence-electron chi connectivity index (χ2n) is 1.48. The van der Waals surface area contributed by atoms with Crippen LogP contribution in [0.5, 0.6) is 0 Å². The number of rotatable bonds is 0. The summed E-state index contributed by atoms with van der Waals surface area (Å²) in [4.78, 5) is 3.92. The first-order valence-electron chi connectivity index (χ1n) is 2.26. The summed E-state index contributed by atoms with van der Waals surface area (Å²) < 4.78 is 0. The number of nitrogens with zero attached hydrogens (tertiary/aromatic N) is 1. The van der Waals surface area contributed by atoms with Gasteiger partial charge in [-0.05, 0) is 12.1 Å². The predicted molar refractivity (Wildman–Crippen MR) is 38.0 cm³/mol. The molecule has 0 aliphatic heterocycles. The zero-order valence-corrected chi connectivity index (χ0v) is 5.49. The van der Waals surface area contributed by atoms with E-state index in [0.717, 1.165) is 11.1 Å². The van der Waals surface area contributed by atoms with Crippen LogP contribution in [0.15, 0.2) is 18.3 Å². The van der Waals surface area contributed by atoms with Crippen molar-refractivity contribution in [3.63, 3.8) is 0 Å². The summed E-state index contributed by atoms with van der Waals surface area (Å²) in [6.45, 7) is 0. The predicted octanol–water partition coefficient (Wildman–Crippen LogP) is 0.164. The van der Waals surface area contributed by atoms with Crippen molar-refractivity contribution >= 4 is 20.4 Å². The van der Waals surface area contributed by atoms with Crippen LogP contribution in [0.25, 0.3) is 0 Å². The monoisotopic (exact) mass is 126 g/mol. The van der Waals surface area contributed by atoms with Gasteiger partial charge in [0.2, 0.25) is 0 Å². The normalized spacial score (nSPS) is 9.12. The molecule has 0 saturated carbocycles. The first-order chi connectivity index (χ1) is 3.80. The smallest absolute Gasteiger partial charge is 0.0796 e. The molecule has 1 unspecified atom stereocenters. The van der Waals surface area contributed by atoms with Gasteiger partial charge < -0.3 is 5.73 Å². The third kappa shape index (κ3) is 0.958. The molecule has 0 amide bonds. The second-order valence-corrected chi connectivity index (χ2v) is 2.02. The maximum Gasteiger partial charge on any atom is 0.0796 e. The Kier molecular flexibility index (Phi) is 1.45. The van der Waals surface area contributed by atoms with E-state index in [1.54, 1.807) is 6.20 Å². The lowest BCUT2D eigenvalue weighted by atomic mass is 10.4. The van der Waals surface area contributed by atoms with Crippen molar-refractivity contribution in [3.05, 3.63) is 18.3 Å². The Morgan fingerprint density at radius 3 is 2.75 bits per heavy atom. The molecule has 8 heavy (non-hydrogen) atoms. The third-order valence-corrected chi connectivity index (χ3v) is 1.35. The van der Waals surface area contributed by atoms with Gasteiger partial charge in [0.1, 0.15) is 0 Å². The van der Waals surface area contributed by atoms with Crippen LogP contribution in [0.3, 0.4) is 0 Å². The van der Waals surface area contributed by atoms with Crippen LogP contribution in [0.4, 0.5) is 5.69 Å². The average Bonchev–Trinajstić information content (AvgIpc) is 1.77. The molecule has 1 aromatic heterocycles. The van der Waals surface area contributed by atoms with Crippen molar-refractivity contribution in [2.24, 2.45) is 0 Å². The lowest BCUT2D eigenvalue weighted by molar-refractivity contribution is 1.40. The topological polar surface area (TPSA) is 38.9 Å². The lowest BCUT2D eigenvalue weighted by Crippen LogP contribution is -2.03. The minimum atomic E-state index is 0.720. The highest BCUT2D eigenvalue weighted by molar-refractivity contribution is 7.27. The fourth-order valence-electron chi connectivity index (χ4n) is 0.430. The molecular formula is C5H7N2P. The largest absolute Gasteiger partial charge is 0.397 e. The molecule has 0 aliphatic carbocycles. The van der Waals surface area contributed by atoms with E-state index in [-0.39, 0.29) is 0 Å². The highest BCUT2D eigenvalue weighted by Gasteiger charge is 1.86. The fraction of sp³-hybridized carbons (Fsp3) is 0. The van der Waals surface area contributed by atoms with E-state index in [0.29, 0.717) is 0 Å². The molecule has 0 aliphatic rings. The molecular weight excluding hydrogens is 119 g/mol. The molecule has 3 heteroatoms. The van der Waals surface area contributed by atoms with Gasteiger partial charge in [0.05, 0.1) is 11.1 Å². The number of hydrogen-bond donors (Lipinski definition) is 1. The molecule has 0 aromatic carbocycles. The van der Waals surface area contributed by atoms with Crippen LogP contribution >= 0.6 is 9.24 Å². The molecule has 1 atom stereocenters. The van der Waals surface area contributed by atoms with Crippen molar-refractivity contribution in [2.45, 2.75) is 0 Å².